The van der Waals surface area contributed by atoms with E-state index < -0.39 is 23.2 Å². The van der Waals surface area contributed by atoms with E-state index in [-0.39, 0.29) is 18.8 Å². The number of rotatable bonds is 7. The fourth-order valence-corrected chi connectivity index (χ4v) is 2.62. The number of methoxy groups -OCH3 is 1. The third kappa shape index (κ3) is 4.77. The number of ether oxygens (including phenoxy) is 3. The lowest BCUT2D eigenvalue weighted by Crippen LogP contribution is -2.31. The fourth-order valence-electron chi connectivity index (χ4n) is 1.60. The van der Waals surface area contributed by atoms with E-state index in [2.05, 4.69) is 4.74 Å². The SMILES string of the molecule is CCOC(=O)C(Sc1ccccc1C(=O)OC)C(=O)OCC. The average molecular weight is 326 g/mol. The van der Waals surface area contributed by atoms with Crippen molar-refractivity contribution >= 4 is 29.7 Å². The third-order valence-electron chi connectivity index (χ3n) is 2.54. The zero-order valence-corrected chi connectivity index (χ0v) is 13.5. The molecule has 120 valence electrons. The lowest BCUT2D eigenvalue weighted by molar-refractivity contribution is -0.152. The largest absolute Gasteiger partial charge is 0.465 e. The van der Waals surface area contributed by atoms with Gasteiger partial charge in [-0.15, -0.1) is 0 Å². The van der Waals surface area contributed by atoms with Gasteiger partial charge in [0.05, 0.1) is 25.9 Å². The molecule has 0 aliphatic carbocycles. The van der Waals surface area contributed by atoms with Crippen LogP contribution in [0.2, 0.25) is 0 Å². The fraction of sp³-hybridized carbons (Fsp3) is 0.400. The molecule has 1 aromatic rings. The Bertz CT molecular complexity index is 525. The minimum absolute atomic E-state index is 0.147. The van der Waals surface area contributed by atoms with Crippen LogP contribution in [0.1, 0.15) is 24.2 Å². The Morgan fingerprint density at radius 3 is 2.09 bits per heavy atom. The van der Waals surface area contributed by atoms with E-state index in [9.17, 15) is 14.4 Å². The van der Waals surface area contributed by atoms with E-state index in [0.29, 0.717) is 4.90 Å². The van der Waals surface area contributed by atoms with Crippen LogP contribution < -0.4 is 0 Å². The highest BCUT2D eigenvalue weighted by Crippen LogP contribution is 2.29. The van der Waals surface area contributed by atoms with Gasteiger partial charge in [-0.25, -0.2) is 4.79 Å². The van der Waals surface area contributed by atoms with E-state index in [1.54, 1.807) is 38.1 Å². The number of esters is 3. The van der Waals surface area contributed by atoms with Crippen LogP contribution in [0, 0.1) is 0 Å². The molecule has 0 aliphatic rings. The molecule has 0 radical (unpaired) electrons. The van der Waals surface area contributed by atoms with E-state index >= 15 is 0 Å². The Morgan fingerprint density at radius 2 is 1.59 bits per heavy atom. The van der Waals surface area contributed by atoms with Gasteiger partial charge in [-0.2, -0.15) is 0 Å². The van der Waals surface area contributed by atoms with Gasteiger partial charge < -0.3 is 14.2 Å². The maximum atomic E-state index is 12.0. The zero-order valence-electron chi connectivity index (χ0n) is 12.7. The van der Waals surface area contributed by atoms with Gasteiger partial charge in [0.25, 0.3) is 0 Å². The van der Waals surface area contributed by atoms with Crippen molar-refractivity contribution in [1.29, 1.82) is 0 Å². The normalized spacial score (nSPS) is 10.2. The van der Waals surface area contributed by atoms with E-state index in [1.165, 1.54) is 7.11 Å². The van der Waals surface area contributed by atoms with Gasteiger partial charge >= 0.3 is 17.9 Å². The van der Waals surface area contributed by atoms with Crippen molar-refractivity contribution in [2.45, 2.75) is 24.0 Å². The Labute approximate surface area is 133 Å². The summed E-state index contributed by atoms with van der Waals surface area (Å²) in [6.45, 7) is 3.59. The predicted octanol–water partition coefficient (Wildman–Crippen LogP) is 2.06. The van der Waals surface area contributed by atoms with Gasteiger partial charge in [0.2, 0.25) is 5.25 Å². The predicted molar refractivity (Wildman–Crippen MR) is 80.7 cm³/mol. The maximum Gasteiger partial charge on any atom is 0.338 e. The molecule has 0 fully saturated rings. The highest BCUT2D eigenvalue weighted by atomic mass is 32.2. The molecule has 1 rings (SSSR count). The molecule has 0 saturated heterocycles. The molecule has 6 nitrogen and oxygen atoms in total. The summed E-state index contributed by atoms with van der Waals surface area (Å²) >= 11 is 0.905. The molecular weight excluding hydrogens is 308 g/mol. The van der Waals surface area contributed by atoms with E-state index in [4.69, 9.17) is 9.47 Å². The first kappa shape index (κ1) is 18.0. The lowest BCUT2D eigenvalue weighted by atomic mass is 10.2. The summed E-state index contributed by atoms with van der Waals surface area (Å²) in [5.41, 5.74) is 0.272. The first-order chi connectivity index (χ1) is 10.5. The highest BCUT2D eigenvalue weighted by Gasteiger charge is 2.32. The number of hydrogen-bond acceptors (Lipinski definition) is 7. The van der Waals surface area contributed by atoms with Gasteiger partial charge in [-0.05, 0) is 26.0 Å². The van der Waals surface area contributed by atoms with E-state index in [1.807, 2.05) is 0 Å². The first-order valence-electron chi connectivity index (χ1n) is 6.72. The summed E-state index contributed by atoms with van der Waals surface area (Å²) in [4.78, 5) is 36.1. The minimum Gasteiger partial charge on any atom is -0.465 e. The van der Waals surface area contributed by atoms with Crippen molar-refractivity contribution in [2.24, 2.45) is 0 Å². The molecule has 0 saturated carbocycles. The Balaban J connectivity index is 3.06. The molecule has 0 atom stereocenters. The van der Waals surface area contributed by atoms with Crippen molar-refractivity contribution in [2.75, 3.05) is 20.3 Å². The second kappa shape index (κ2) is 9.09. The smallest absolute Gasteiger partial charge is 0.338 e. The molecule has 0 unspecified atom stereocenters. The number of benzene rings is 1. The monoisotopic (exact) mass is 326 g/mol. The minimum atomic E-state index is -1.19. The van der Waals surface area contributed by atoms with Crippen molar-refractivity contribution in [1.82, 2.24) is 0 Å². The standard InChI is InChI=1S/C15H18O6S/c1-4-20-14(17)12(15(18)21-5-2)22-11-9-7-6-8-10(11)13(16)19-3/h6-9,12H,4-5H2,1-3H3. The summed E-state index contributed by atoms with van der Waals surface area (Å²) in [6.07, 6.45) is 0. The summed E-state index contributed by atoms with van der Waals surface area (Å²) in [5.74, 6) is -1.95. The van der Waals surface area contributed by atoms with Crippen LogP contribution in [-0.4, -0.2) is 43.5 Å². The molecule has 1 aromatic carbocycles. The average Bonchev–Trinajstić information content (AvgIpc) is 2.52. The Hall–Kier alpha value is -2.02. The third-order valence-corrected chi connectivity index (χ3v) is 3.77. The van der Waals surface area contributed by atoms with Crippen molar-refractivity contribution in [3.63, 3.8) is 0 Å². The Morgan fingerprint density at radius 1 is 1.05 bits per heavy atom. The molecule has 0 bridgehead atoms. The number of hydrogen-bond donors (Lipinski definition) is 0. The van der Waals surface area contributed by atoms with Gasteiger partial charge in [-0.3, -0.25) is 9.59 Å². The molecule has 0 N–H and O–H groups in total. The molecule has 0 heterocycles. The topological polar surface area (TPSA) is 78.9 Å². The lowest BCUT2D eigenvalue weighted by Gasteiger charge is -2.15. The van der Waals surface area contributed by atoms with Crippen LogP contribution in [0.15, 0.2) is 29.2 Å². The molecular formula is C15H18O6S. The molecule has 22 heavy (non-hydrogen) atoms. The second-order valence-corrected chi connectivity index (χ2v) is 5.14. The van der Waals surface area contributed by atoms with Crippen LogP contribution in [-0.2, 0) is 23.8 Å². The van der Waals surface area contributed by atoms with Crippen LogP contribution in [0.5, 0.6) is 0 Å². The van der Waals surface area contributed by atoms with Crippen LogP contribution in [0.25, 0.3) is 0 Å². The molecule has 0 spiro atoms. The van der Waals surface area contributed by atoms with Gasteiger partial charge in [0.1, 0.15) is 0 Å². The molecule has 7 heteroatoms. The number of thioether (sulfide) groups is 1. The van der Waals surface area contributed by atoms with Gasteiger partial charge in [0.15, 0.2) is 0 Å². The van der Waals surface area contributed by atoms with Crippen molar-refractivity contribution in [3.8, 4) is 0 Å². The van der Waals surface area contributed by atoms with Crippen LogP contribution >= 0.6 is 11.8 Å². The highest BCUT2D eigenvalue weighted by molar-refractivity contribution is 8.01. The van der Waals surface area contributed by atoms with Crippen molar-refractivity contribution < 1.29 is 28.6 Å². The number of carbonyl (C=O) groups excluding carboxylic acids is 3. The summed E-state index contributed by atoms with van der Waals surface area (Å²) < 4.78 is 14.5. The molecule has 0 aromatic heterocycles. The van der Waals surface area contributed by atoms with Crippen LogP contribution in [0.4, 0.5) is 0 Å². The van der Waals surface area contributed by atoms with E-state index in [0.717, 1.165) is 11.8 Å². The molecule has 0 amide bonds. The van der Waals surface area contributed by atoms with Crippen molar-refractivity contribution in [3.05, 3.63) is 29.8 Å². The summed E-state index contributed by atoms with van der Waals surface area (Å²) in [7, 11) is 1.26. The summed E-state index contributed by atoms with van der Waals surface area (Å²) in [6, 6.07) is 6.55. The van der Waals surface area contributed by atoms with Gasteiger partial charge in [-0.1, -0.05) is 23.9 Å². The summed E-state index contributed by atoms with van der Waals surface area (Å²) in [5, 5.41) is -1.19. The first-order valence-corrected chi connectivity index (χ1v) is 7.60. The molecule has 0 aliphatic heterocycles. The zero-order chi connectivity index (χ0) is 16.5. The maximum absolute atomic E-state index is 12.0. The Kier molecular flexibility index (Phi) is 7.45. The van der Waals surface area contributed by atoms with Crippen LogP contribution in [0.3, 0.4) is 0 Å². The second-order valence-electron chi connectivity index (χ2n) is 3.99. The quantitative estimate of drug-likeness (QED) is 0.328. The number of carbonyl (C=O) groups is 3. The van der Waals surface area contributed by atoms with Gasteiger partial charge in [0, 0.05) is 4.90 Å².